The Labute approximate surface area is 92.2 Å². The quantitative estimate of drug-likeness (QED) is 0.655. The molecule has 1 nitrogen and oxygen atoms in total. The normalized spacial score (nSPS) is 21.0. The second-order valence-electron chi connectivity index (χ2n) is 5.36. The number of nitrogens with zero attached hydrogens (tertiary/aromatic N) is 1. The Balaban J connectivity index is 1.97. The number of aliphatic imine (C=N–C) groups is 1. The third-order valence-electron chi connectivity index (χ3n) is 2.73. The Bertz CT molecular complexity index is 349. The Hall–Kier alpha value is -1.11. The third-order valence-corrected chi connectivity index (χ3v) is 2.73. The van der Waals surface area contributed by atoms with Crippen LogP contribution >= 0.6 is 0 Å². The van der Waals surface area contributed by atoms with Gasteiger partial charge in [-0.05, 0) is 45.1 Å². The fraction of sp³-hybridized carbons (Fsp3) is 0.500. The smallest absolute Gasteiger partial charge is 0.0523 e. The monoisotopic (exact) mass is 201 g/mol. The van der Waals surface area contributed by atoms with Gasteiger partial charge in [-0.15, -0.1) is 0 Å². The van der Waals surface area contributed by atoms with Crippen LogP contribution in [0.4, 0.5) is 0 Å². The Morgan fingerprint density at radius 1 is 1.07 bits per heavy atom. The maximum Gasteiger partial charge on any atom is 0.0523 e. The van der Waals surface area contributed by atoms with Gasteiger partial charge in [0.15, 0.2) is 0 Å². The fourth-order valence-corrected chi connectivity index (χ4v) is 2.04. The molecule has 1 fully saturated rings. The maximum atomic E-state index is 4.71. The topological polar surface area (TPSA) is 12.4 Å². The van der Waals surface area contributed by atoms with Crippen molar-refractivity contribution in [3.8, 4) is 0 Å². The minimum Gasteiger partial charge on any atom is -0.288 e. The van der Waals surface area contributed by atoms with Crippen LogP contribution in [0.2, 0.25) is 0 Å². The molecule has 2 rings (SSSR count). The van der Waals surface area contributed by atoms with Crippen LogP contribution in [0.3, 0.4) is 0 Å². The van der Waals surface area contributed by atoms with E-state index in [0.29, 0.717) is 5.92 Å². The van der Waals surface area contributed by atoms with Crippen molar-refractivity contribution in [2.24, 2.45) is 4.99 Å². The van der Waals surface area contributed by atoms with E-state index >= 15 is 0 Å². The largest absolute Gasteiger partial charge is 0.288 e. The Morgan fingerprint density at radius 2 is 1.67 bits per heavy atom. The van der Waals surface area contributed by atoms with Crippen molar-refractivity contribution >= 4 is 5.71 Å². The predicted molar refractivity (Wildman–Crippen MR) is 65.6 cm³/mol. The predicted octanol–water partition coefficient (Wildman–Crippen LogP) is 3.80. The summed E-state index contributed by atoms with van der Waals surface area (Å²) >= 11 is 0. The van der Waals surface area contributed by atoms with Gasteiger partial charge in [-0.2, -0.15) is 0 Å². The Kier molecular flexibility index (Phi) is 2.64. The summed E-state index contributed by atoms with van der Waals surface area (Å²) in [6.45, 7) is 6.49. The van der Waals surface area contributed by atoms with E-state index < -0.39 is 0 Å². The summed E-state index contributed by atoms with van der Waals surface area (Å²) in [6, 6.07) is 10.8. The highest BCUT2D eigenvalue weighted by molar-refractivity contribution is 5.92. The molecule has 0 saturated heterocycles. The standard InChI is InChI=1S/C14H19N/c1-14(2,3)15-13-9-12(10-13)11-7-5-4-6-8-11/h4-8,12H,9-10H2,1-3H3. The third kappa shape index (κ3) is 2.68. The van der Waals surface area contributed by atoms with Gasteiger partial charge in [0, 0.05) is 5.71 Å². The van der Waals surface area contributed by atoms with Crippen LogP contribution in [0.25, 0.3) is 0 Å². The highest BCUT2D eigenvalue weighted by Gasteiger charge is 2.27. The molecule has 1 aliphatic rings. The average Bonchev–Trinajstić information content (AvgIpc) is 2.11. The van der Waals surface area contributed by atoms with E-state index in [1.54, 1.807) is 0 Å². The second-order valence-corrected chi connectivity index (χ2v) is 5.36. The summed E-state index contributed by atoms with van der Waals surface area (Å²) in [4.78, 5) is 4.71. The van der Waals surface area contributed by atoms with E-state index in [0.717, 1.165) is 12.8 Å². The van der Waals surface area contributed by atoms with Crippen LogP contribution < -0.4 is 0 Å². The molecule has 0 aliphatic heterocycles. The van der Waals surface area contributed by atoms with Crippen molar-refractivity contribution in [3.05, 3.63) is 35.9 Å². The number of hydrogen-bond acceptors (Lipinski definition) is 1. The zero-order valence-electron chi connectivity index (χ0n) is 9.83. The van der Waals surface area contributed by atoms with Crippen LogP contribution in [-0.2, 0) is 0 Å². The van der Waals surface area contributed by atoms with Gasteiger partial charge >= 0.3 is 0 Å². The van der Waals surface area contributed by atoms with Crippen molar-refractivity contribution in [1.82, 2.24) is 0 Å². The summed E-state index contributed by atoms with van der Waals surface area (Å²) < 4.78 is 0. The number of rotatable bonds is 1. The first-order chi connectivity index (χ1) is 7.04. The molecule has 0 amide bonds. The summed E-state index contributed by atoms with van der Waals surface area (Å²) in [5, 5.41) is 0. The molecule has 1 saturated carbocycles. The lowest BCUT2D eigenvalue weighted by molar-refractivity contribution is 0.556. The molecule has 0 aromatic heterocycles. The SMILES string of the molecule is CC(C)(C)N=C1CC(c2ccccc2)C1. The summed E-state index contributed by atoms with van der Waals surface area (Å²) in [7, 11) is 0. The lowest BCUT2D eigenvalue weighted by Crippen LogP contribution is -2.25. The first kappa shape index (κ1) is 10.4. The molecular formula is C14H19N. The first-order valence-electron chi connectivity index (χ1n) is 5.67. The van der Waals surface area contributed by atoms with Crippen LogP contribution in [0, 0.1) is 0 Å². The average molecular weight is 201 g/mol. The van der Waals surface area contributed by atoms with E-state index in [9.17, 15) is 0 Å². The molecule has 1 heteroatoms. The zero-order valence-corrected chi connectivity index (χ0v) is 9.83. The van der Waals surface area contributed by atoms with E-state index in [2.05, 4.69) is 51.1 Å². The van der Waals surface area contributed by atoms with Gasteiger partial charge in [0.1, 0.15) is 0 Å². The van der Waals surface area contributed by atoms with Crippen molar-refractivity contribution in [2.75, 3.05) is 0 Å². The molecular weight excluding hydrogens is 182 g/mol. The van der Waals surface area contributed by atoms with E-state index in [-0.39, 0.29) is 5.54 Å². The summed E-state index contributed by atoms with van der Waals surface area (Å²) in [5.74, 6) is 0.715. The van der Waals surface area contributed by atoms with E-state index in [4.69, 9.17) is 4.99 Å². The van der Waals surface area contributed by atoms with E-state index in [1.807, 2.05) is 0 Å². The van der Waals surface area contributed by atoms with Gasteiger partial charge in [0.2, 0.25) is 0 Å². The number of hydrogen-bond donors (Lipinski definition) is 0. The van der Waals surface area contributed by atoms with Crippen molar-refractivity contribution < 1.29 is 0 Å². The second kappa shape index (κ2) is 3.80. The molecule has 1 aromatic carbocycles. The van der Waals surface area contributed by atoms with Gasteiger partial charge in [-0.1, -0.05) is 30.3 Å². The molecule has 1 aromatic rings. The molecule has 0 heterocycles. The molecule has 0 radical (unpaired) electrons. The maximum absolute atomic E-state index is 4.71. The van der Waals surface area contributed by atoms with Gasteiger partial charge in [-0.25, -0.2) is 0 Å². The van der Waals surface area contributed by atoms with Crippen LogP contribution in [0.1, 0.15) is 45.1 Å². The summed E-state index contributed by atoms with van der Waals surface area (Å²) in [5.41, 5.74) is 2.94. The van der Waals surface area contributed by atoms with Gasteiger partial charge in [0.25, 0.3) is 0 Å². The van der Waals surface area contributed by atoms with Crippen molar-refractivity contribution in [1.29, 1.82) is 0 Å². The van der Waals surface area contributed by atoms with Crippen molar-refractivity contribution in [3.63, 3.8) is 0 Å². The van der Waals surface area contributed by atoms with Gasteiger partial charge in [0.05, 0.1) is 5.54 Å². The molecule has 80 valence electrons. The molecule has 1 aliphatic carbocycles. The lowest BCUT2D eigenvalue weighted by Gasteiger charge is -2.30. The van der Waals surface area contributed by atoms with E-state index in [1.165, 1.54) is 11.3 Å². The van der Waals surface area contributed by atoms with Gasteiger partial charge < -0.3 is 0 Å². The van der Waals surface area contributed by atoms with Gasteiger partial charge in [-0.3, -0.25) is 4.99 Å². The molecule has 15 heavy (non-hydrogen) atoms. The Morgan fingerprint density at radius 3 is 2.20 bits per heavy atom. The first-order valence-corrected chi connectivity index (χ1v) is 5.67. The molecule has 0 bridgehead atoms. The fourth-order valence-electron chi connectivity index (χ4n) is 2.04. The van der Waals surface area contributed by atoms with Crippen molar-refractivity contribution in [2.45, 2.75) is 45.1 Å². The minimum absolute atomic E-state index is 0.0942. The highest BCUT2D eigenvalue weighted by Crippen LogP contribution is 2.35. The molecule has 0 atom stereocenters. The number of benzene rings is 1. The lowest BCUT2D eigenvalue weighted by atomic mass is 9.78. The highest BCUT2D eigenvalue weighted by atomic mass is 14.8. The summed E-state index contributed by atoms with van der Waals surface area (Å²) in [6.07, 6.45) is 2.31. The van der Waals surface area contributed by atoms with Crippen LogP contribution in [0.15, 0.2) is 35.3 Å². The molecule has 0 spiro atoms. The molecule has 0 N–H and O–H groups in total. The molecule has 0 unspecified atom stereocenters. The minimum atomic E-state index is 0.0942. The van der Waals surface area contributed by atoms with Crippen LogP contribution in [-0.4, -0.2) is 11.3 Å². The van der Waals surface area contributed by atoms with Crippen LogP contribution in [0.5, 0.6) is 0 Å². The zero-order chi connectivity index (χ0) is 10.9.